The third-order valence-corrected chi connectivity index (χ3v) is 6.10. The number of rotatable bonds is 5. The molecule has 4 rings (SSSR count). The Hall–Kier alpha value is -2.10. The average Bonchev–Trinajstić information content (AvgIpc) is 3.52. The van der Waals surface area contributed by atoms with Crippen molar-refractivity contribution in [2.45, 2.75) is 63.7 Å². The lowest BCUT2D eigenvalue weighted by Gasteiger charge is -2.28. The summed E-state index contributed by atoms with van der Waals surface area (Å²) in [6.45, 7) is 2.05. The van der Waals surface area contributed by atoms with Crippen molar-refractivity contribution in [1.29, 1.82) is 0 Å². The van der Waals surface area contributed by atoms with Gasteiger partial charge in [0.1, 0.15) is 17.3 Å². The topological polar surface area (TPSA) is 30.0 Å². The number of carbonyl (C=O) groups is 1. The summed E-state index contributed by atoms with van der Waals surface area (Å²) in [6.07, 6.45) is 6.09. The van der Waals surface area contributed by atoms with E-state index >= 15 is 0 Å². The van der Waals surface area contributed by atoms with Gasteiger partial charge in [-0.15, -0.1) is 0 Å². The van der Waals surface area contributed by atoms with Gasteiger partial charge in [-0.3, -0.25) is 4.79 Å². The summed E-state index contributed by atoms with van der Waals surface area (Å²) in [5.41, 5.74) is 3.33. The van der Waals surface area contributed by atoms with Crippen LogP contribution in [0, 0.1) is 17.6 Å². The van der Waals surface area contributed by atoms with Crippen LogP contribution in [-0.4, -0.2) is 10.8 Å². The van der Waals surface area contributed by atoms with Gasteiger partial charge in [0, 0.05) is 17.7 Å². The zero-order valence-electron chi connectivity index (χ0n) is 15.7. The molecule has 0 bridgehead atoms. The van der Waals surface area contributed by atoms with Crippen LogP contribution in [0.4, 0.5) is 8.78 Å². The van der Waals surface area contributed by atoms with Crippen LogP contribution in [0.5, 0.6) is 0 Å². The number of aromatic nitrogens is 1. The van der Waals surface area contributed by atoms with Gasteiger partial charge in [-0.05, 0) is 80.0 Å². The Morgan fingerprint density at radius 3 is 2.22 bits per heavy atom. The third kappa shape index (κ3) is 3.80. The maximum Gasteiger partial charge on any atom is 0.184 e. The van der Waals surface area contributed by atoms with Gasteiger partial charge in [-0.25, -0.2) is 13.8 Å². The summed E-state index contributed by atoms with van der Waals surface area (Å²) in [6, 6.07) is 7.95. The molecule has 2 saturated carbocycles. The predicted molar refractivity (Wildman–Crippen MR) is 101 cm³/mol. The maximum atomic E-state index is 14.1. The molecule has 2 nitrogen and oxygen atoms in total. The van der Waals surface area contributed by atoms with E-state index in [4.69, 9.17) is 0 Å². The number of pyridine rings is 1. The number of aryl methyl sites for hydroxylation is 1. The number of nitrogens with zero attached hydrogens (tertiary/aromatic N) is 1. The molecule has 0 atom stereocenters. The van der Waals surface area contributed by atoms with Crippen molar-refractivity contribution in [3.63, 3.8) is 0 Å². The first kappa shape index (κ1) is 18.3. The van der Waals surface area contributed by atoms with Crippen molar-refractivity contribution in [1.82, 2.24) is 4.98 Å². The van der Waals surface area contributed by atoms with E-state index in [1.807, 2.05) is 6.07 Å². The normalized spacial score (nSPS) is 22.6. The minimum absolute atomic E-state index is 0.0399. The molecule has 2 aliphatic rings. The first-order valence-electron chi connectivity index (χ1n) is 10.1. The van der Waals surface area contributed by atoms with Gasteiger partial charge in [-0.2, -0.15) is 0 Å². The zero-order chi connectivity index (χ0) is 19.0. The van der Waals surface area contributed by atoms with Crippen LogP contribution in [0.2, 0.25) is 0 Å². The molecule has 1 aromatic carbocycles. The third-order valence-electron chi connectivity index (χ3n) is 6.10. The van der Waals surface area contributed by atoms with E-state index in [0.29, 0.717) is 17.2 Å². The first-order valence-corrected chi connectivity index (χ1v) is 10.1. The quantitative estimate of drug-likeness (QED) is 0.609. The molecule has 0 saturated heterocycles. The fraction of sp³-hybridized carbons (Fsp3) is 0.478. The standard InChI is InChI=1S/C23H25F2NO/c1-2-18-10-12-20(15-3-4-15)22(26-18)23(27)16-7-5-14(6-8-16)19-11-9-17(24)13-21(19)25/h9-16H,2-8H2,1H3. The van der Waals surface area contributed by atoms with Crippen molar-refractivity contribution in [3.05, 3.63) is 64.5 Å². The molecular formula is C23H25F2NO. The minimum Gasteiger partial charge on any atom is -0.292 e. The lowest BCUT2D eigenvalue weighted by atomic mass is 9.76. The first-order chi connectivity index (χ1) is 13.1. The number of Topliss-reactive ketones (excluding diaryl/α,β-unsaturated/α-hetero) is 1. The monoisotopic (exact) mass is 369 g/mol. The van der Waals surface area contributed by atoms with E-state index in [2.05, 4.69) is 18.0 Å². The molecule has 0 aliphatic heterocycles. The summed E-state index contributed by atoms with van der Waals surface area (Å²) in [7, 11) is 0. The van der Waals surface area contributed by atoms with Gasteiger partial charge >= 0.3 is 0 Å². The van der Waals surface area contributed by atoms with E-state index < -0.39 is 11.6 Å². The fourth-order valence-corrected chi connectivity index (χ4v) is 4.32. The molecule has 1 heterocycles. The van der Waals surface area contributed by atoms with Crippen LogP contribution in [0.3, 0.4) is 0 Å². The second-order valence-electron chi connectivity index (χ2n) is 7.95. The second kappa shape index (κ2) is 7.49. The van der Waals surface area contributed by atoms with Gasteiger partial charge in [0.05, 0.1) is 0 Å². The Kier molecular flexibility index (Phi) is 5.07. The van der Waals surface area contributed by atoms with Crippen molar-refractivity contribution in [2.24, 2.45) is 5.92 Å². The van der Waals surface area contributed by atoms with Crippen LogP contribution in [-0.2, 0) is 6.42 Å². The molecule has 0 spiro atoms. The predicted octanol–water partition coefficient (Wildman–Crippen LogP) is 5.96. The highest BCUT2D eigenvalue weighted by Gasteiger charge is 2.34. The minimum atomic E-state index is -0.547. The molecule has 0 unspecified atom stereocenters. The van der Waals surface area contributed by atoms with E-state index in [-0.39, 0.29) is 17.6 Å². The molecule has 27 heavy (non-hydrogen) atoms. The van der Waals surface area contributed by atoms with E-state index in [9.17, 15) is 13.6 Å². The number of halogens is 2. The number of hydrogen-bond acceptors (Lipinski definition) is 2. The molecule has 2 aromatic rings. The zero-order valence-corrected chi connectivity index (χ0v) is 15.7. The molecule has 2 fully saturated rings. The van der Waals surface area contributed by atoms with Crippen LogP contribution in [0.1, 0.15) is 84.6 Å². The van der Waals surface area contributed by atoms with Crippen LogP contribution >= 0.6 is 0 Å². The summed E-state index contributed by atoms with van der Waals surface area (Å²) >= 11 is 0. The summed E-state index contributed by atoms with van der Waals surface area (Å²) in [5, 5.41) is 0. The van der Waals surface area contributed by atoms with Gasteiger partial charge in [-0.1, -0.05) is 19.1 Å². The molecule has 2 aliphatic carbocycles. The largest absolute Gasteiger partial charge is 0.292 e. The fourth-order valence-electron chi connectivity index (χ4n) is 4.32. The number of hydrogen-bond donors (Lipinski definition) is 0. The molecule has 0 N–H and O–H groups in total. The van der Waals surface area contributed by atoms with Crippen molar-refractivity contribution in [2.75, 3.05) is 0 Å². The molecular weight excluding hydrogens is 344 g/mol. The molecule has 0 radical (unpaired) electrons. The molecule has 4 heteroatoms. The van der Waals surface area contributed by atoms with Crippen LogP contribution in [0.25, 0.3) is 0 Å². The summed E-state index contributed by atoms with van der Waals surface area (Å²) < 4.78 is 27.2. The maximum absolute atomic E-state index is 14.1. The SMILES string of the molecule is CCc1ccc(C2CC2)c(C(=O)C2CCC(c3ccc(F)cc3F)CC2)n1. The summed E-state index contributed by atoms with van der Waals surface area (Å²) in [5.74, 6) is -0.348. The number of benzene rings is 1. The molecule has 142 valence electrons. The lowest BCUT2D eigenvalue weighted by molar-refractivity contribution is 0.0877. The highest BCUT2D eigenvalue weighted by molar-refractivity contribution is 5.97. The van der Waals surface area contributed by atoms with Gasteiger partial charge in [0.25, 0.3) is 0 Å². The van der Waals surface area contributed by atoms with Gasteiger partial charge < -0.3 is 0 Å². The van der Waals surface area contributed by atoms with E-state index in [0.717, 1.165) is 62.3 Å². The Labute approximate surface area is 159 Å². The van der Waals surface area contributed by atoms with Crippen molar-refractivity contribution < 1.29 is 13.6 Å². The number of ketones is 1. The van der Waals surface area contributed by atoms with E-state index in [1.165, 1.54) is 6.07 Å². The Bertz CT molecular complexity index is 851. The van der Waals surface area contributed by atoms with E-state index in [1.54, 1.807) is 6.07 Å². The molecule has 0 amide bonds. The number of carbonyl (C=O) groups excluding carboxylic acids is 1. The van der Waals surface area contributed by atoms with Crippen molar-refractivity contribution in [3.8, 4) is 0 Å². The highest BCUT2D eigenvalue weighted by Crippen LogP contribution is 2.43. The lowest BCUT2D eigenvalue weighted by Crippen LogP contribution is -2.24. The van der Waals surface area contributed by atoms with Gasteiger partial charge in [0.2, 0.25) is 0 Å². The highest BCUT2D eigenvalue weighted by atomic mass is 19.1. The Morgan fingerprint density at radius 2 is 1.59 bits per heavy atom. The Morgan fingerprint density at radius 1 is 0.963 bits per heavy atom. The van der Waals surface area contributed by atoms with Crippen LogP contribution < -0.4 is 0 Å². The smallest absolute Gasteiger partial charge is 0.184 e. The van der Waals surface area contributed by atoms with Gasteiger partial charge in [0.15, 0.2) is 5.78 Å². The molecule has 1 aromatic heterocycles. The average molecular weight is 369 g/mol. The second-order valence-corrected chi connectivity index (χ2v) is 7.95. The Balaban J connectivity index is 1.49. The summed E-state index contributed by atoms with van der Waals surface area (Å²) in [4.78, 5) is 17.9. The van der Waals surface area contributed by atoms with Crippen molar-refractivity contribution >= 4 is 5.78 Å². The van der Waals surface area contributed by atoms with Crippen LogP contribution in [0.15, 0.2) is 30.3 Å².